The topological polar surface area (TPSA) is 68.9 Å². The minimum absolute atomic E-state index is 0.522. The Labute approximate surface area is 60.1 Å². The predicted octanol–water partition coefficient (Wildman–Crippen LogP) is -0.146. The molecule has 0 atom stereocenters. The number of rotatable bonds is 1. The zero-order valence-electron chi connectivity index (χ0n) is 5.21. The number of nitrogens with two attached hydrogens (primary N) is 1. The number of hydrogen-bond donors (Lipinski definition) is 1. The van der Waals surface area contributed by atoms with Gasteiger partial charge >= 0.3 is 6.08 Å². The summed E-state index contributed by atoms with van der Waals surface area (Å²) in [6.45, 7) is 0. The summed E-state index contributed by atoms with van der Waals surface area (Å²) < 4.78 is 24.4. The van der Waals surface area contributed by atoms with Gasteiger partial charge in [0.25, 0.3) is 5.91 Å². The summed E-state index contributed by atoms with van der Waals surface area (Å²) in [7, 11) is 0. The molecule has 0 aromatic carbocycles. The maximum Gasteiger partial charge on any atom is 0.311 e. The SMILES string of the molecule is NC(=O)c1cnc(F)nc1F. The van der Waals surface area contributed by atoms with Crippen molar-refractivity contribution in [1.82, 2.24) is 9.97 Å². The average Bonchev–Trinajstić information content (AvgIpc) is 1.85. The Morgan fingerprint density at radius 3 is 2.64 bits per heavy atom. The van der Waals surface area contributed by atoms with Crippen molar-refractivity contribution >= 4 is 5.91 Å². The fourth-order valence-electron chi connectivity index (χ4n) is 0.506. The summed E-state index contributed by atoms with van der Waals surface area (Å²) in [5, 5.41) is 0. The van der Waals surface area contributed by atoms with Crippen LogP contribution in [0.4, 0.5) is 8.78 Å². The van der Waals surface area contributed by atoms with Gasteiger partial charge in [-0.2, -0.15) is 13.8 Å². The van der Waals surface area contributed by atoms with Crippen molar-refractivity contribution in [3.63, 3.8) is 0 Å². The second-order valence-corrected chi connectivity index (χ2v) is 1.71. The molecule has 0 aliphatic heterocycles. The number of aromatic nitrogens is 2. The summed E-state index contributed by atoms with van der Waals surface area (Å²) in [4.78, 5) is 15.9. The molecule has 0 radical (unpaired) electrons. The van der Waals surface area contributed by atoms with Gasteiger partial charge in [-0.3, -0.25) is 4.79 Å². The fourth-order valence-corrected chi connectivity index (χ4v) is 0.506. The Morgan fingerprint density at radius 2 is 2.18 bits per heavy atom. The molecule has 0 unspecified atom stereocenters. The first-order valence-corrected chi connectivity index (χ1v) is 2.59. The maximum absolute atomic E-state index is 12.4. The number of primary amides is 1. The van der Waals surface area contributed by atoms with E-state index in [1.165, 1.54) is 0 Å². The standard InChI is InChI=1S/C5H3F2N3O/c6-3-2(4(8)11)1-9-5(7)10-3/h1H,(H2,8,11). The van der Waals surface area contributed by atoms with Gasteiger partial charge in [0.05, 0.1) is 0 Å². The highest BCUT2D eigenvalue weighted by atomic mass is 19.1. The molecule has 58 valence electrons. The summed E-state index contributed by atoms with van der Waals surface area (Å²) in [5.41, 5.74) is 4.16. The van der Waals surface area contributed by atoms with Crippen LogP contribution in [0.25, 0.3) is 0 Å². The molecule has 11 heavy (non-hydrogen) atoms. The van der Waals surface area contributed by atoms with Crippen molar-refractivity contribution in [2.75, 3.05) is 0 Å². The van der Waals surface area contributed by atoms with Crippen molar-refractivity contribution in [3.05, 3.63) is 23.8 Å². The van der Waals surface area contributed by atoms with Gasteiger partial charge in [-0.15, -0.1) is 0 Å². The number of carbonyl (C=O) groups excluding carboxylic acids is 1. The van der Waals surface area contributed by atoms with Crippen LogP contribution in [0.2, 0.25) is 0 Å². The fraction of sp³-hybridized carbons (Fsp3) is 0. The van der Waals surface area contributed by atoms with E-state index in [1.807, 2.05) is 0 Å². The Kier molecular flexibility index (Phi) is 1.75. The molecule has 0 spiro atoms. The summed E-state index contributed by atoms with van der Waals surface area (Å²) in [5.74, 6) is -2.27. The van der Waals surface area contributed by atoms with E-state index >= 15 is 0 Å². The quantitative estimate of drug-likeness (QED) is 0.457. The van der Waals surface area contributed by atoms with Gasteiger partial charge in [0.2, 0.25) is 5.95 Å². The van der Waals surface area contributed by atoms with Crippen LogP contribution in [-0.2, 0) is 0 Å². The van der Waals surface area contributed by atoms with E-state index in [9.17, 15) is 13.6 Å². The number of halogens is 2. The number of nitrogens with zero attached hydrogens (tertiary/aromatic N) is 2. The highest BCUT2D eigenvalue weighted by Gasteiger charge is 2.10. The first-order chi connectivity index (χ1) is 5.11. The molecule has 0 saturated heterocycles. The van der Waals surface area contributed by atoms with Gasteiger partial charge in [-0.1, -0.05) is 0 Å². The van der Waals surface area contributed by atoms with Crippen molar-refractivity contribution in [2.24, 2.45) is 5.73 Å². The molecule has 0 fully saturated rings. The third-order valence-corrected chi connectivity index (χ3v) is 0.978. The van der Waals surface area contributed by atoms with Gasteiger partial charge in [0.15, 0.2) is 0 Å². The third-order valence-electron chi connectivity index (χ3n) is 0.978. The van der Waals surface area contributed by atoms with Crippen molar-refractivity contribution in [2.45, 2.75) is 0 Å². The minimum atomic E-state index is -1.25. The Morgan fingerprint density at radius 1 is 1.55 bits per heavy atom. The smallest absolute Gasteiger partial charge is 0.311 e. The van der Waals surface area contributed by atoms with Crippen molar-refractivity contribution in [1.29, 1.82) is 0 Å². The van der Waals surface area contributed by atoms with Crippen LogP contribution >= 0.6 is 0 Å². The second kappa shape index (κ2) is 2.57. The van der Waals surface area contributed by atoms with E-state index in [0.29, 0.717) is 6.20 Å². The lowest BCUT2D eigenvalue weighted by atomic mass is 10.3. The molecule has 0 bridgehead atoms. The normalized spacial score (nSPS) is 9.64. The second-order valence-electron chi connectivity index (χ2n) is 1.71. The first kappa shape index (κ1) is 7.52. The van der Waals surface area contributed by atoms with E-state index in [-0.39, 0.29) is 0 Å². The molecule has 1 aromatic rings. The molecule has 1 heterocycles. The molecular weight excluding hydrogens is 156 g/mol. The Bertz CT molecular complexity index is 302. The van der Waals surface area contributed by atoms with Gasteiger partial charge < -0.3 is 5.73 Å². The number of hydrogen-bond acceptors (Lipinski definition) is 3. The van der Waals surface area contributed by atoms with Gasteiger partial charge in [-0.25, -0.2) is 4.98 Å². The highest BCUT2D eigenvalue weighted by Crippen LogP contribution is 2.00. The Balaban J connectivity index is 3.20. The van der Waals surface area contributed by atoms with Gasteiger partial charge in [0.1, 0.15) is 5.56 Å². The summed E-state index contributed by atoms with van der Waals surface area (Å²) >= 11 is 0. The molecule has 0 aliphatic carbocycles. The first-order valence-electron chi connectivity index (χ1n) is 2.59. The molecule has 4 nitrogen and oxygen atoms in total. The van der Waals surface area contributed by atoms with Crippen molar-refractivity contribution in [3.8, 4) is 0 Å². The predicted molar refractivity (Wildman–Crippen MR) is 30.5 cm³/mol. The van der Waals surface area contributed by atoms with Gasteiger partial charge in [0, 0.05) is 6.20 Å². The lowest BCUT2D eigenvalue weighted by Gasteiger charge is -1.93. The molecule has 0 aliphatic rings. The van der Waals surface area contributed by atoms with E-state index < -0.39 is 23.5 Å². The monoisotopic (exact) mass is 159 g/mol. The highest BCUT2D eigenvalue weighted by molar-refractivity contribution is 5.92. The van der Waals surface area contributed by atoms with E-state index in [1.54, 1.807) is 0 Å². The van der Waals surface area contributed by atoms with Crippen LogP contribution in [0.5, 0.6) is 0 Å². The van der Waals surface area contributed by atoms with E-state index in [4.69, 9.17) is 0 Å². The number of carbonyl (C=O) groups is 1. The lowest BCUT2D eigenvalue weighted by Crippen LogP contribution is -2.15. The molecular formula is C5H3F2N3O. The van der Waals surface area contributed by atoms with Crippen LogP contribution in [0.1, 0.15) is 10.4 Å². The van der Waals surface area contributed by atoms with Crippen LogP contribution in [0.3, 0.4) is 0 Å². The molecule has 1 rings (SSSR count). The molecule has 1 amide bonds. The maximum atomic E-state index is 12.4. The van der Waals surface area contributed by atoms with Crippen molar-refractivity contribution < 1.29 is 13.6 Å². The largest absolute Gasteiger partial charge is 0.365 e. The molecule has 1 aromatic heterocycles. The van der Waals surface area contributed by atoms with Crippen LogP contribution in [0, 0.1) is 12.0 Å². The zero-order valence-corrected chi connectivity index (χ0v) is 5.21. The minimum Gasteiger partial charge on any atom is -0.365 e. The summed E-state index contributed by atoms with van der Waals surface area (Å²) in [6.07, 6.45) is -0.535. The van der Waals surface area contributed by atoms with Crippen LogP contribution in [0.15, 0.2) is 6.20 Å². The van der Waals surface area contributed by atoms with E-state index in [0.717, 1.165) is 0 Å². The van der Waals surface area contributed by atoms with Gasteiger partial charge in [-0.05, 0) is 0 Å². The summed E-state index contributed by atoms with van der Waals surface area (Å²) in [6, 6.07) is 0. The number of amides is 1. The average molecular weight is 159 g/mol. The third kappa shape index (κ3) is 1.46. The molecule has 2 N–H and O–H groups in total. The van der Waals surface area contributed by atoms with E-state index in [2.05, 4.69) is 15.7 Å². The molecule has 0 saturated carbocycles. The lowest BCUT2D eigenvalue weighted by molar-refractivity contribution is 0.0994. The van der Waals surface area contributed by atoms with Crippen LogP contribution in [-0.4, -0.2) is 15.9 Å². The Hall–Kier alpha value is -1.59. The zero-order chi connectivity index (χ0) is 8.43. The molecule has 6 heteroatoms. The van der Waals surface area contributed by atoms with Crippen LogP contribution < -0.4 is 5.73 Å².